The summed E-state index contributed by atoms with van der Waals surface area (Å²) in [4.78, 5) is 36.9. The Morgan fingerprint density at radius 3 is 2.80 bits per heavy atom. The highest BCUT2D eigenvalue weighted by molar-refractivity contribution is 6.33. The lowest BCUT2D eigenvalue weighted by molar-refractivity contribution is -0.129. The molecule has 3 aromatic rings. The van der Waals surface area contributed by atoms with Crippen molar-refractivity contribution >= 4 is 51.6 Å². The molecule has 0 saturated carbocycles. The van der Waals surface area contributed by atoms with E-state index < -0.39 is 24.6 Å². The summed E-state index contributed by atoms with van der Waals surface area (Å²) in [6.45, 7) is -0.263. The minimum absolute atomic E-state index is 0.0366. The van der Waals surface area contributed by atoms with Crippen LogP contribution in [0.4, 0.5) is 31.9 Å². The van der Waals surface area contributed by atoms with Crippen LogP contribution in [0.25, 0.3) is 10.9 Å². The maximum atomic E-state index is 13.9. The van der Waals surface area contributed by atoms with Crippen molar-refractivity contribution in [1.82, 2.24) is 19.4 Å². The maximum Gasteiger partial charge on any atom is 0.298 e. The van der Waals surface area contributed by atoms with Crippen LogP contribution in [-0.4, -0.2) is 71.1 Å². The number of aryl methyl sites for hydroxylation is 1. The molecule has 2 aliphatic heterocycles. The van der Waals surface area contributed by atoms with E-state index in [1.807, 2.05) is 0 Å². The minimum Gasteiger partial charge on any atom is -0.480 e. The van der Waals surface area contributed by atoms with Crippen molar-refractivity contribution in [3.63, 3.8) is 0 Å². The van der Waals surface area contributed by atoms with E-state index in [1.54, 1.807) is 42.1 Å². The average Bonchev–Trinajstić information content (AvgIpc) is 2.99. The molecule has 1 aromatic carbocycles. The number of anilines is 4. The first-order valence-corrected chi connectivity index (χ1v) is 11.2. The van der Waals surface area contributed by atoms with Crippen molar-refractivity contribution in [1.29, 1.82) is 0 Å². The number of hydrogen-bond donors (Lipinski definition) is 2. The molecule has 4 heterocycles. The van der Waals surface area contributed by atoms with E-state index in [0.717, 1.165) is 0 Å². The smallest absolute Gasteiger partial charge is 0.298 e. The molecule has 1 saturated heterocycles. The summed E-state index contributed by atoms with van der Waals surface area (Å²) in [6.07, 6.45) is 1.45. The van der Waals surface area contributed by atoms with Gasteiger partial charge in [0.05, 0.1) is 30.5 Å². The first kappa shape index (κ1) is 23.1. The van der Waals surface area contributed by atoms with Crippen LogP contribution in [0.5, 0.6) is 5.75 Å². The molecule has 13 heteroatoms. The molecular weight excluding hydrogens is 484 g/mol. The number of nitrogens with one attached hydrogen (secondary N) is 2. The van der Waals surface area contributed by atoms with Gasteiger partial charge in [0, 0.05) is 38.3 Å². The third-order valence-electron chi connectivity index (χ3n) is 6.04. The number of nitrogens with zero attached hydrogens (tertiary/aromatic N) is 5. The molecule has 0 unspecified atom stereocenters. The number of carbonyl (C=O) groups is 1. The number of carbonyl (C=O) groups excluding carboxylic acids is 1. The van der Waals surface area contributed by atoms with Gasteiger partial charge in [0.25, 0.3) is 11.5 Å². The lowest BCUT2D eigenvalue weighted by Gasteiger charge is -2.32. The van der Waals surface area contributed by atoms with Gasteiger partial charge < -0.3 is 29.7 Å². The van der Waals surface area contributed by atoms with Crippen LogP contribution in [-0.2, 0) is 11.8 Å². The fraction of sp³-hybridized carbons (Fsp3) is 0.364. The number of likely N-dealkylation sites (N-methyl/N-ethyl adjacent to an activating group) is 1. The zero-order chi connectivity index (χ0) is 24.9. The molecule has 1 amide bonds. The Morgan fingerprint density at radius 2 is 2.03 bits per heavy atom. The van der Waals surface area contributed by atoms with Gasteiger partial charge in [-0.15, -0.1) is 0 Å². The largest absolute Gasteiger partial charge is 0.480 e. The van der Waals surface area contributed by atoms with E-state index in [-0.39, 0.29) is 28.9 Å². The lowest BCUT2D eigenvalue weighted by Crippen LogP contribution is -2.49. The van der Waals surface area contributed by atoms with Gasteiger partial charge in [0.15, 0.2) is 12.4 Å². The van der Waals surface area contributed by atoms with Crippen LogP contribution in [0, 0.1) is 0 Å². The summed E-state index contributed by atoms with van der Waals surface area (Å²) in [5, 5.41) is 6.58. The number of amides is 1. The predicted octanol–water partition coefficient (Wildman–Crippen LogP) is 2.44. The molecule has 0 bridgehead atoms. The van der Waals surface area contributed by atoms with Crippen molar-refractivity contribution in [2.75, 3.05) is 55.4 Å². The molecule has 2 aromatic heterocycles. The Hall–Kier alpha value is -3.67. The second-order valence-corrected chi connectivity index (χ2v) is 8.93. The van der Waals surface area contributed by atoms with E-state index in [2.05, 4.69) is 20.6 Å². The Bertz CT molecular complexity index is 1400. The van der Waals surface area contributed by atoms with Crippen molar-refractivity contribution in [3.05, 3.63) is 39.8 Å². The van der Waals surface area contributed by atoms with Gasteiger partial charge in [-0.2, -0.15) is 4.98 Å². The second-order valence-electron chi connectivity index (χ2n) is 8.53. The van der Waals surface area contributed by atoms with E-state index in [0.29, 0.717) is 41.4 Å². The quantitative estimate of drug-likeness (QED) is 0.559. The number of pyridine rings is 1. The van der Waals surface area contributed by atoms with Crippen molar-refractivity contribution in [2.45, 2.75) is 5.92 Å². The van der Waals surface area contributed by atoms with E-state index >= 15 is 0 Å². The zero-order valence-electron chi connectivity index (χ0n) is 18.9. The summed E-state index contributed by atoms with van der Waals surface area (Å²) in [7, 11) is 3.29. The van der Waals surface area contributed by atoms with Gasteiger partial charge in [0.1, 0.15) is 5.02 Å². The Morgan fingerprint density at radius 1 is 1.23 bits per heavy atom. The number of benzene rings is 1. The van der Waals surface area contributed by atoms with Crippen molar-refractivity contribution < 1.29 is 18.3 Å². The lowest BCUT2D eigenvalue weighted by atomic mass is 10.1. The second kappa shape index (κ2) is 8.52. The van der Waals surface area contributed by atoms with Crippen LogP contribution in [0.1, 0.15) is 0 Å². The Balaban J connectivity index is 1.51. The maximum absolute atomic E-state index is 13.9. The number of aromatic nitrogens is 3. The predicted molar refractivity (Wildman–Crippen MR) is 128 cm³/mol. The third kappa shape index (κ3) is 4.29. The first-order chi connectivity index (χ1) is 16.6. The van der Waals surface area contributed by atoms with Gasteiger partial charge in [0.2, 0.25) is 17.6 Å². The number of rotatable bonds is 3. The topological polar surface area (TPSA) is 105 Å². The standard InChI is InChI=1S/C22H22ClF2N7O3/c1-30-5-6-32(9-16(30)33)21-26-8-14(23)19(29-21)28-12-3-4-15-13(7-12)17-18(20(34)31(15)2)35-11-22(24,25)10-27-17/h3-4,7-8,27H,5-6,9-11H2,1-2H3,(H,26,28,29). The summed E-state index contributed by atoms with van der Waals surface area (Å²) >= 11 is 6.33. The molecule has 10 nitrogen and oxygen atoms in total. The Labute approximate surface area is 203 Å². The highest BCUT2D eigenvalue weighted by Gasteiger charge is 2.35. The number of ether oxygens (including phenoxy) is 1. The average molecular weight is 506 g/mol. The molecular formula is C22H22ClF2N7O3. The van der Waals surface area contributed by atoms with Crippen molar-refractivity contribution in [3.8, 4) is 5.75 Å². The Kier molecular flexibility index (Phi) is 5.62. The molecule has 2 aliphatic rings. The van der Waals surface area contributed by atoms with Crippen LogP contribution >= 0.6 is 11.6 Å². The van der Waals surface area contributed by atoms with Gasteiger partial charge in [-0.3, -0.25) is 9.59 Å². The number of alkyl halides is 2. The molecule has 0 aliphatic carbocycles. The monoisotopic (exact) mass is 505 g/mol. The molecule has 1 fully saturated rings. The van der Waals surface area contributed by atoms with Crippen LogP contribution in [0.15, 0.2) is 29.2 Å². The summed E-state index contributed by atoms with van der Waals surface area (Å²) in [5.74, 6) is -2.65. The van der Waals surface area contributed by atoms with Crippen LogP contribution in [0.2, 0.25) is 5.02 Å². The summed E-state index contributed by atoms with van der Waals surface area (Å²) in [5.41, 5.74) is 0.779. The van der Waals surface area contributed by atoms with Crippen LogP contribution < -0.4 is 25.8 Å². The van der Waals surface area contributed by atoms with E-state index in [4.69, 9.17) is 16.3 Å². The zero-order valence-corrected chi connectivity index (χ0v) is 19.7. The molecule has 35 heavy (non-hydrogen) atoms. The molecule has 2 N–H and O–H groups in total. The fourth-order valence-electron chi connectivity index (χ4n) is 4.02. The van der Waals surface area contributed by atoms with Gasteiger partial charge >= 0.3 is 0 Å². The molecule has 184 valence electrons. The van der Waals surface area contributed by atoms with E-state index in [9.17, 15) is 18.4 Å². The number of hydrogen-bond acceptors (Lipinski definition) is 8. The normalized spacial score (nSPS) is 17.5. The molecule has 0 radical (unpaired) electrons. The first-order valence-electron chi connectivity index (χ1n) is 10.8. The highest BCUT2D eigenvalue weighted by atomic mass is 35.5. The molecule has 0 spiro atoms. The molecule has 5 rings (SSSR count). The van der Waals surface area contributed by atoms with Gasteiger partial charge in [-0.1, -0.05) is 11.6 Å². The summed E-state index contributed by atoms with van der Waals surface area (Å²) < 4.78 is 34.5. The fourth-order valence-corrected chi connectivity index (χ4v) is 4.16. The van der Waals surface area contributed by atoms with Gasteiger partial charge in [-0.25, -0.2) is 13.8 Å². The summed E-state index contributed by atoms with van der Waals surface area (Å²) in [6, 6.07) is 5.11. The van der Waals surface area contributed by atoms with Gasteiger partial charge in [-0.05, 0) is 18.2 Å². The van der Waals surface area contributed by atoms with Crippen molar-refractivity contribution in [2.24, 2.45) is 7.05 Å². The third-order valence-corrected chi connectivity index (χ3v) is 6.32. The SMILES string of the molecule is CN1CCN(c2ncc(Cl)c(Nc3ccc4c(c3)c3c(c(=O)n4C)OCC(F)(F)CN3)n2)CC1=O. The number of piperazine rings is 1. The highest BCUT2D eigenvalue weighted by Crippen LogP contribution is 2.36. The number of halogens is 3. The van der Waals surface area contributed by atoms with E-state index in [1.165, 1.54) is 10.8 Å². The van der Waals surface area contributed by atoms with Crippen LogP contribution in [0.3, 0.4) is 0 Å². The minimum atomic E-state index is -3.12. The number of fused-ring (bicyclic) bond motifs is 3. The molecule has 0 atom stereocenters.